The molecule has 0 aliphatic heterocycles. The summed E-state index contributed by atoms with van der Waals surface area (Å²) in [5, 5.41) is 8.60. The normalized spacial score (nSPS) is 15.6. The summed E-state index contributed by atoms with van der Waals surface area (Å²) < 4.78 is 1.78. The minimum absolute atomic E-state index is 0.0746. The van der Waals surface area contributed by atoms with E-state index in [1.807, 2.05) is 13.0 Å². The Morgan fingerprint density at radius 1 is 1.29 bits per heavy atom. The van der Waals surface area contributed by atoms with Gasteiger partial charge in [-0.2, -0.15) is 5.10 Å². The monoisotopic (exact) mass is 365 g/mol. The van der Waals surface area contributed by atoms with Crippen LogP contribution in [0.4, 0.5) is 0 Å². The quantitative estimate of drug-likeness (QED) is 0.824. The summed E-state index contributed by atoms with van der Waals surface area (Å²) >= 11 is 12.3. The van der Waals surface area contributed by atoms with Crippen molar-refractivity contribution in [1.29, 1.82) is 0 Å². The number of amides is 1. The molecule has 1 fully saturated rings. The second-order valence-corrected chi connectivity index (χ2v) is 7.58. The fraction of sp³-hybridized carbons (Fsp3) is 0.444. The molecule has 1 N–H and O–H groups in total. The van der Waals surface area contributed by atoms with Gasteiger partial charge < -0.3 is 5.32 Å². The van der Waals surface area contributed by atoms with E-state index >= 15 is 0 Å². The molecule has 0 radical (unpaired) electrons. The van der Waals surface area contributed by atoms with Crippen LogP contribution in [0.3, 0.4) is 0 Å². The fourth-order valence-electron chi connectivity index (χ4n) is 2.58. The number of benzene rings is 1. The van der Waals surface area contributed by atoms with Crippen LogP contribution < -0.4 is 5.32 Å². The molecule has 1 heterocycles. The third-order valence-electron chi connectivity index (χ3n) is 4.51. The number of carbonyl (C=O) groups is 1. The summed E-state index contributed by atoms with van der Waals surface area (Å²) in [6.07, 6.45) is 3.77. The lowest BCUT2D eigenvalue weighted by atomic mass is 10.1. The van der Waals surface area contributed by atoms with E-state index in [-0.39, 0.29) is 11.9 Å². The molecule has 3 rings (SSSR count). The van der Waals surface area contributed by atoms with Crippen molar-refractivity contribution >= 4 is 29.1 Å². The van der Waals surface area contributed by atoms with Gasteiger partial charge in [-0.25, -0.2) is 4.68 Å². The van der Waals surface area contributed by atoms with Crippen molar-refractivity contribution in [3.63, 3.8) is 0 Å². The molecule has 1 amide bonds. The van der Waals surface area contributed by atoms with E-state index in [1.54, 1.807) is 23.0 Å². The number of halogens is 2. The third-order valence-corrected chi connectivity index (χ3v) is 5.05. The molecule has 4 nitrogen and oxygen atoms in total. The lowest BCUT2D eigenvalue weighted by Gasteiger charge is -2.17. The molecule has 24 heavy (non-hydrogen) atoms. The van der Waals surface area contributed by atoms with Crippen molar-refractivity contribution < 1.29 is 4.79 Å². The highest BCUT2D eigenvalue weighted by molar-refractivity contribution is 6.35. The highest BCUT2D eigenvalue weighted by atomic mass is 35.5. The average molecular weight is 366 g/mol. The van der Waals surface area contributed by atoms with Gasteiger partial charge >= 0.3 is 0 Å². The average Bonchev–Trinajstić information content (AvgIpc) is 3.26. The van der Waals surface area contributed by atoms with E-state index in [1.165, 1.54) is 0 Å². The molecule has 1 aliphatic carbocycles. The van der Waals surface area contributed by atoms with Crippen LogP contribution in [0.2, 0.25) is 10.0 Å². The smallest absolute Gasteiger partial charge is 0.255 e. The Bertz CT molecular complexity index is 766. The fourth-order valence-corrected chi connectivity index (χ4v) is 3.07. The van der Waals surface area contributed by atoms with Crippen molar-refractivity contribution in [3.05, 3.63) is 45.7 Å². The Morgan fingerprint density at radius 3 is 2.58 bits per heavy atom. The van der Waals surface area contributed by atoms with Gasteiger partial charge in [0.05, 0.1) is 28.2 Å². The number of rotatable bonds is 5. The van der Waals surface area contributed by atoms with Gasteiger partial charge in [-0.1, -0.05) is 37.0 Å². The largest absolute Gasteiger partial charge is 0.349 e. The first kappa shape index (κ1) is 17.3. The van der Waals surface area contributed by atoms with Gasteiger partial charge in [-0.3, -0.25) is 4.79 Å². The third kappa shape index (κ3) is 3.45. The van der Waals surface area contributed by atoms with Gasteiger partial charge in [0, 0.05) is 17.0 Å². The van der Waals surface area contributed by atoms with Crippen LogP contribution in [-0.2, 0) is 0 Å². The summed E-state index contributed by atoms with van der Waals surface area (Å²) in [5.74, 6) is 0.655. The SMILES string of the molecule is CC(C)C(C)NC(=O)c1cnn(-c2ccc(Cl)cc2Cl)c1C1CC1. The molecule has 0 bridgehead atoms. The first-order chi connectivity index (χ1) is 11.4. The second kappa shape index (κ2) is 6.77. The summed E-state index contributed by atoms with van der Waals surface area (Å²) in [5.41, 5.74) is 2.32. The summed E-state index contributed by atoms with van der Waals surface area (Å²) in [6.45, 7) is 6.19. The van der Waals surface area contributed by atoms with Crippen LogP contribution in [0.1, 0.15) is 55.6 Å². The van der Waals surface area contributed by atoms with Gasteiger partial charge in [0.15, 0.2) is 0 Å². The molecule has 1 unspecified atom stereocenters. The molecule has 1 aromatic carbocycles. The van der Waals surface area contributed by atoms with Crippen LogP contribution in [0.5, 0.6) is 0 Å². The lowest BCUT2D eigenvalue weighted by molar-refractivity contribution is 0.0929. The summed E-state index contributed by atoms with van der Waals surface area (Å²) in [6, 6.07) is 5.41. The molecule has 1 saturated carbocycles. The summed E-state index contributed by atoms with van der Waals surface area (Å²) in [7, 11) is 0. The van der Waals surface area contributed by atoms with E-state index in [4.69, 9.17) is 23.2 Å². The lowest BCUT2D eigenvalue weighted by Crippen LogP contribution is -2.36. The van der Waals surface area contributed by atoms with Gasteiger partial charge in [-0.05, 0) is 43.9 Å². The Balaban J connectivity index is 1.98. The highest BCUT2D eigenvalue weighted by Crippen LogP contribution is 2.43. The Labute approximate surface area is 152 Å². The number of nitrogens with one attached hydrogen (secondary N) is 1. The predicted molar refractivity (Wildman–Crippen MR) is 97.3 cm³/mol. The Morgan fingerprint density at radius 2 is 2.00 bits per heavy atom. The van der Waals surface area contributed by atoms with Crippen LogP contribution in [0.15, 0.2) is 24.4 Å². The number of hydrogen-bond acceptors (Lipinski definition) is 2. The van der Waals surface area contributed by atoms with Crippen molar-refractivity contribution in [2.24, 2.45) is 5.92 Å². The molecule has 6 heteroatoms. The molecule has 1 aliphatic rings. The topological polar surface area (TPSA) is 46.9 Å². The molecule has 0 spiro atoms. The van der Waals surface area contributed by atoms with Crippen LogP contribution >= 0.6 is 23.2 Å². The highest BCUT2D eigenvalue weighted by Gasteiger charge is 2.33. The van der Waals surface area contributed by atoms with Crippen LogP contribution in [0.25, 0.3) is 5.69 Å². The van der Waals surface area contributed by atoms with E-state index in [9.17, 15) is 4.79 Å². The molecular weight excluding hydrogens is 345 g/mol. The summed E-state index contributed by atoms with van der Waals surface area (Å²) in [4.78, 5) is 12.7. The number of hydrogen-bond donors (Lipinski definition) is 1. The molecule has 1 aromatic heterocycles. The number of aromatic nitrogens is 2. The van der Waals surface area contributed by atoms with Crippen molar-refractivity contribution in [2.45, 2.75) is 45.6 Å². The maximum atomic E-state index is 12.7. The van der Waals surface area contributed by atoms with Gasteiger partial charge in [0.2, 0.25) is 0 Å². The molecular formula is C18H21Cl2N3O. The van der Waals surface area contributed by atoms with E-state index < -0.39 is 0 Å². The molecule has 2 aromatic rings. The zero-order chi connectivity index (χ0) is 17.4. The standard InChI is InChI=1S/C18H21Cl2N3O/c1-10(2)11(3)22-18(24)14-9-21-23(17(14)12-4-5-12)16-7-6-13(19)8-15(16)20/h6-12H,4-5H2,1-3H3,(H,22,24). The van der Waals surface area contributed by atoms with E-state index in [2.05, 4.69) is 24.3 Å². The van der Waals surface area contributed by atoms with Crippen LogP contribution in [0, 0.1) is 5.92 Å². The predicted octanol–water partition coefficient (Wildman–Crippen LogP) is 4.83. The Kier molecular flexibility index (Phi) is 4.88. The molecule has 1 atom stereocenters. The maximum Gasteiger partial charge on any atom is 0.255 e. The maximum absolute atomic E-state index is 12.7. The first-order valence-corrected chi connectivity index (χ1v) is 8.98. The van der Waals surface area contributed by atoms with Crippen molar-refractivity contribution in [3.8, 4) is 5.69 Å². The first-order valence-electron chi connectivity index (χ1n) is 8.22. The number of nitrogens with zero attached hydrogens (tertiary/aromatic N) is 2. The minimum atomic E-state index is -0.0746. The number of carbonyl (C=O) groups excluding carboxylic acids is 1. The van der Waals surface area contributed by atoms with Crippen molar-refractivity contribution in [2.75, 3.05) is 0 Å². The van der Waals surface area contributed by atoms with Gasteiger partial charge in [0.25, 0.3) is 5.91 Å². The molecule has 128 valence electrons. The second-order valence-electron chi connectivity index (χ2n) is 6.73. The van der Waals surface area contributed by atoms with Gasteiger partial charge in [0.1, 0.15) is 0 Å². The van der Waals surface area contributed by atoms with E-state index in [0.29, 0.717) is 27.4 Å². The Hall–Kier alpha value is -1.52. The molecule has 0 saturated heterocycles. The van der Waals surface area contributed by atoms with Crippen LogP contribution in [-0.4, -0.2) is 21.7 Å². The minimum Gasteiger partial charge on any atom is -0.349 e. The van der Waals surface area contributed by atoms with Gasteiger partial charge in [-0.15, -0.1) is 0 Å². The zero-order valence-electron chi connectivity index (χ0n) is 14.0. The van der Waals surface area contributed by atoms with E-state index in [0.717, 1.165) is 24.2 Å². The zero-order valence-corrected chi connectivity index (χ0v) is 15.5. The van der Waals surface area contributed by atoms with Crippen molar-refractivity contribution in [1.82, 2.24) is 15.1 Å².